The molecule has 0 amide bonds. The first-order valence-electron chi connectivity index (χ1n) is 12.2. The Hall–Kier alpha value is -1.59. The summed E-state index contributed by atoms with van der Waals surface area (Å²) in [6.45, 7) is 19.0. The molecular weight excluding hydrogens is 449 g/mol. The maximum Gasteiger partial charge on any atom is 0.349 e. The average molecular weight is 494 g/mol. The maximum absolute atomic E-state index is 12.6. The number of anilines is 1. The molecule has 0 aromatic heterocycles. The van der Waals surface area contributed by atoms with Crippen LogP contribution in [0.5, 0.6) is 5.75 Å². The van der Waals surface area contributed by atoms with Gasteiger partial charge in [-0.15, -0.1) is 0 Å². The summed E-state index contributed by atoms with van der Waals surface area (Å²) in [6, 6.07) is 7.52. The second kappa shape index (κ2) is 11.0. The highest BCUT2D eigenvalue weighted by Crippen LogP contribution is 2.48. The second-order valence-corrected chi connectivity index (χ2v) is 13.0. The van der Waals surface area contributed by atoms with Crippen LogP contribution in [0.4, 0.5) is 5.69 Å². The van der Waals surface area contributed by atoms with Gasteiger partial charge in [0, 0.05) is 12.1 Å². The fraction of sp³-hybridized carbons (Fsp3) is 0.630. The molecule has 0 heterocycles. The Kier molecular flexibility index (Phi) is 9.26. The van der Waals surface area contributed by atoms with E-state index in [2.05, 4.69) is 52.9 Å². The SMILES string of the molecule is CCOP(=O)(CNc1ccc(OC(C)C2=CC(C(C)(C)C)=CC(O)(C(C)(C)C)C2)cc1)OCC. The number of nitrogens with one attached hydrogen (secondary N) is 1. The Labute approximate surface area is 206 Å². The molecule has 0 bridgehead atoms. The largest absolute Gasteiger partial charge is 0.486 e. The minimum absolute atomic E-state index is 0.0830. The molecule has 0 spiro atoms. The van der Waals surface area contributed by atoms with E-state index >= 15 is 0 Å². The number of aliphatic hydroxyl groups is 1. The van der Waals surface area contributed by atoms with Gasteiger partial charge in [0.1, 0.15) is 18.1 Å². The van der Waals surface area contributed by atoms with Crippen molar-refractivity contribution in [2.45, 2.75) is 80.4 Å². The van der Waals surface area contributed by atoms with Gasteiger partial charge >= 0.3 is 7.60 Å². The molecule has 192 valence electrons. The van der Waals surface area contributed by atoms with Crippen molar-refractivity contribution in [3.8, 4) is 5.75 Å². The number of allylic oxidation sites excluding steroid dienone is 2. The van der Waals surface area contributed by atoms with Gasteiger partial charge in [0.15, 0.2) is 0 Å². The molecule has 2 N–H and O–H groups in total. The molecule has 6 nitrogen and oxygen atoms in total. The van der Waals surface area contributed by atoms with Crippen molar-refractivity contribution < 1.29 is 23.5 Å². The lowest BCUT2D eigenvalue weighted by atomic mass is 9.66. The van der Waals surface area contributed by atoms with Crippen molar-refractivity contribution >= 4 is 13.3 Å². The van der Waals surface area contributed by atoms with E-state index < -0.39 is 13.2 Å². The summed E-state index contributed by atoms with van der Waals surface area (Å²) in [6.07, 6.45) is 4.65. The average Bonchev–Trinajstić information content (AvgIpc) is 2.72. The van der Waals surface area contributed by atoms with Crippen molar-refractivity contribution in [1.29, 1.82) is 0 Å². The standard InChI is InChI=1S/C27H44NO5P/c1-10-31-34(30,32-11-2)19-28-23-12-14-24(15-13-23)33-20(3)21-16-22(25(4,5)6)18-27(29,17-21)26(7,8)9/h12-16,18,20,28-29H,10-11,17,19H2,1-9H3. The Balaban J connectivity index is 2.13. The van der Waals surface area contributed by atoms with Gasteiger partial charge in [-0.3, -0.25) is 4.57 Å². The van der Waals surface area contributed by atoms with Gasteiger partial charge < -0.3 is 24.2 Å². The van der Waals surface area contributed by atoms with E-state index in [1.54, 1.807) is 13.8 Å². The molecule has 1 aromatic rings. The molecule has 1 aliphatic carbocycles. The first-order chi connectivity index (χ1) is 15.6. The van der Waals surface area contributed by atoms with E-state index in [4.69, 9.17) is 13.8 Å². The molecule has 0 fully saturated rings. The van der Waals surface area contributed by atoms with E-state index in [-0.39, 0.29) is 23.2 Å². The number of benzene rings is 1. The molecule has 2 unspecified atom stereocenters. The lowest BCUT2D eigenvalue weighted by Gasteiger charge is -2.43. The molecule has 0 saturated heterocycles. The molecule has 0 radical (unpaired) electrons. The third-order valence-electron chi connectivity index (χ3n) is 6.19. The van der Waals surface area contributed by atoms with Crippen LogP contribution in [-0.2, 0) is 13.6 Å². The van der Waals surface area contributed by atoms with Crippen LogP contribution in [0.3, 0.4) is 0 Å². The maximum atomic E-state index is 12.6. The molecule has 2 atom stereocenters. The first kappa shape index (κ1) is 28.6. The highest BCUT2D eigenvalue weighted by Gasteiger charge is 2.43. The zero-order valence-corrected chi connectivity index (χ0v) is 23.3. The fourth-order valence-corrected chi connectivity index (χ4v) is 5.15. The van der Waals surface area contributed by atoms with Crippen LogP contribution in [0.25, 0.3) is 0 Å². The van der Waals surface area contributed by atoms with Gasteiger partial charge in [-0.25, -0.2) is 0 Å². The van der Waals surface area contributed by atoms with Crippen LogP contribution >= 0.6 is 7.60 Å². The van der Waals surface area contributed by atoms with Crippen LogP contribution in [0.15, 0.2) is 47.6 Å². The second-order valence-electron chi connectivity index (χ2n) is 11.0. The van der Waals surface area contributed by atoms with Crippen LogP contribution in [-0.4, -0.2) is 36.3 Å². The minimum Gasteiger partial charge on any atom is -0.486 e. The summed E-state index contributed by atoms with van der Waals surface area (Å²) in [5.41, 5.74) is 1.66. The van der Waals surface area contributed by atoms with E-state index in [0.717, 1.165) is 22.6 Å². The van der Waals surface area contributed by atoms with Crippen molar-refractivity contribution in [2.75, 3.05) is 24.8 Å². The van der Waals surface area contributed by atoms with E-state index in [9.17, 15) is 9.67 Å². The fourth-order valence-electron chi connectivity index (χ4n) is 3.73. The van der Waals surface area contributed by atoms with Crippen molar-refractivity contribution in [3.63, 3.8) is 0 Å². The predicted octanol–water partition coefficient (Wildman–Crippen LogP) is 7.17. The predicted molar refractivity (Wildman–Crippen MR) is 141 cm³/mol. The van der Waals surface area contributed by atoms with Crippen molar-refractivity contribution in [1.82, 2.24) is 0 Å². The van der Waals surface area contributed by atoms with E-state index in [0.29, 0.717) is 19.6 Å². The monoisotopic (exact) mass is 493 g/mol. The Bertz CT molecular complexity index is 914. The minimum atomic E-state index is -3.16. The van der Waals surface area contributed by atoms with Gasteiger partial charge in [-0.2, -0.15) is 0 Å². The number of hydrogen-bond acceptors (Lipinski definition) is 6. The Morgan fingerprint density at radius 2 is 1.62 bits per heavy atom. The molecule has 1 aromatic carbocycles. The van der Waals surface area contributed by atoms with Crippen molar-refractivity contribution in [3.05, 3.63) is 47.6 Å². The molecule has 1 aliphatic rings. The molecule has 0 aliphatic heterocycles. The zero-order valence-electron chi connectivity index (χ0n) is 22.4. The van der Waals surface area contributed by atoms with Gasteiger partial charge in [0.25, 0.3) is 0 Å². The summed E-state index contributed by atoms with van der Waals surface area (Å²) in [5, 5.41) is 14.7. The Morgan fingerprint density at radius 3 is 2.09 bits per heavy atom. The van der Waals surface area contributed by atoms with Crippen LogP contribution in [0, 0.1) is 10.8 Å². The highest BCUT2D eigenvalue weighted by molar-refractivity contribution is 7.53. The van der Waals surface area contributed by atoms with Gasteiger partial charge in [0.2, 0.25) is 0 Å². The number of rotatable bonds is 10. The summed E-state index contributed by atoms with van der Waals surface area (Å²) in [5.74, 6) is 0.725. The van der Waals surface area contributed by atoms with Gasteiger partial charge in [-0.1, -0.05) is 47.6 Å². The molecular formula is C27H44NO5P. The third kappa shape index (κ3) is 7.45. The van der Waals surface area contributed by atoms with E-state index in [1.165, 1.54) is 0 Å². The lowest BCUT2D eigenvalue weighted by molar-refractivity contribution is -0.0190. The van der Waals surface area contributed by atoms with E-state index in [1.807, 2.05) is 37.3 Å². The molecule has 0 saturated carbocycles. The normalized spacial score (nSPS) is 20.4. The summed E-state index contributed by atoms with van der Waals surface area (Å²) < 4.78 is 29.5. The quantitative estimate of drug-likeness (QED) is 0.337. The first-order valence-corrected chi connectivity index (χ1v) is 13.9. The molecule has 34 heavy (non-hydrogen) atoms. The van der Waals surface area contributed by atoms with Gasteiger partial charge in [-0.05, 0) is 73.1 Å². The van der Waals surface area contributed by atoms with Crippen LogP contribution in [0.1, 0.15) is 68.7 Å². The van der Waals surface area contributed by atoms with Crippen LogP contribution < -0.4 is 10.1 Å². The van der Waals surface area contributed by atoms with Crippen molar-refractivity contribution in [2.24, 2.45) is 10.8 Å². The third-order valence-corrected chi connectivity index (χ3v) is 8.04. The highest BCUT2D eigenvalue weighted by atomic mass is 31.2. The lowest BCUT2D eigenvalue weighted by Crippen LogP contribution is -2.44. The number of ether oxygens (including phenoxy) is 1. The summed E-state index contributed by atoms with van der Waals surface area (Å²) >= 11 is 0. The summed E-state index contributed by atoms with van der Waals surface area (Å²) in [7, 11) is -3.16. The van der Waals surface area contributed by atoms with Gasteiger partial charge in [0.05, 0.1) is 18.8 Å². The zero-order chi connectivity index (χ0) is 25.8. The van der Waals surface area contributed by atoms with Crippen LogP contribution in [0.2, 0.25) is 0 Å². The Morgan fingerprint density at radius 1 is 1.06 bits per heavy atom. The molecule has 2 rings (SSSR count). The number of hydrogen-bond donors (Lipinski definition) is 2. The topological polar surface area (TPSA) is 77.0 Å². The molecule has 7 heteroatoms. The summed E-state index contributed by atoms with van der Waals surface area (Å²) in [4.78, 5) is 0. The smallest absolute Gasteiger partial charge is 0.349 e.